The molecule has 0 saturated carbocycles. The fraction of sp³-hybridized carbons (Fsp3) is 0.267. The summed E-state index contributed by atoms with van der Waals surface area (Å²) in [6.45, 7) is 6.09. The van der Waals surface area contributed by atoms with Crippen molar-refractivity contribution < 1.29 is 9.59 Å². The van der Waals surface area contributed by atoms with Crippen LogP contribution in [0.1, 0.15) is 21.7 Å². The lowest BCUT2D eigenvalue weighted by Crippen LogP contribution is -2.34. The maximum Gasteiger partial charge on any atom is 0.315 e. The molecular weight excluding hydrogens is 286 g/mol. The van der Waals surface area contributed by atoms with E-state index in [4.69, 9.17) is 0 Å². The number of nitrogens with one attached hydrogen (secondary N) is 2. The number of carbonyl (C=O) groups excluding carboxylic acids is 2. The molecule has 0 aliphatic rings. The molecule has 110 valence electrons. The van der Waals surface area contributed by atoms with E-state index in [1.807, 2.05) is 45.0 Å². The molecule has 2 N–H and O–H groups in total. The monoisotopic (exact) mass is 303 g/mol. The first-order valence-corrected chi connectivity index (χ1v) is 7.36. The third-order valence-corrected chi connectivity index (χ3v) is 4.02. The van der Waals surface area contributed by atoms with Crippen molar-refractivity contribution in [3.63, 3.8) is 0 Å². The van der Waals surface area contributed by atoms with Crippen LogP contribution in [0.4, 0.5) is 5.13 Å². The Morgan fingerprint density at radius 3 is 2.33 bits per heavy atom. The van der Waals surface area contributed by atoms with Crippen molar-refractivity contribution in [3.05, 3.63) is 46.0 Å². The first-order valence-electron chi connectivity index (χ1n) is 6.54. The van der Waals surface area contributed by atoms with E-state index in [9.17, 15) is 9.59 Å². The zero-order chi connectivity index (χ0) is 15.4. The molecule has 0 unspecified atom stereocenters. The molecule has 0 fully saturated rings. The minimum Gasteiger partial charge on any atom is -0.344 e. The summed E-state index contributed by atoms with van der Waals surface area (Å²) in [5.41, 5.74) is 2.95. The van der Waals surface area contributed by atoms with Gasteiger partial charge in [-0.1, -0.05) is 29.8 Å². The number of hydrogen-bond acceptors (Lipinski definition) is 4. The zero-order valence-electron chi connectivity index (χ0n) is 12.2. The molecular formula is C15H17N3O2S. The maximum absolute atomic E-state index is 11.8. The molecule has 2 aromatic rings. The van der Waals surface area contributed by atoms with Crippen LogP contribution in [0.2, 0.25) is 0 Å². The first kappa shape index (κ1) is 15.2. The fourth-order valence-electron chi connectivity index (χ4n) is 1.65. The molecule has 21 heavy (non-hydrogen) atoms. The molecule has 0 spiro atoms. The Bertz CT molecular complexity index is 643. The quantitative estimate of drug-likeness (QED) is 0.855. The molecule has 2 amide bonds. The molecule has 0 aliphatic carbocycles. The second-order valence-corrected chi connectivity index (χ2v) is 5.99. The van der Waals surface area contributed by atoms with Gasteiger partial charge >= 0.3 is 11.8 Å². The largest absolute Gasteiger partial charge is 0.344 e. The summed E-state index contributed by atoms with van der Waals surface area (Å²) < 4.78 is 0. The SMILES string of the molecule is Cc1ccc(CNC(=O)C(=O)Nc2nc(C)c(C)s2)cc1. The molecule has 0 radical (unpaired) electrons. The van der Waals surface area contributed by atoms with Crippen LogP contribution in [0.25, 0.3) is 0 Å². The third kappa shape index (κ3) is 4.13. The van der Waals surface area contributed by atoms with Gasteiger partial charge in [-0.2, -0.15) is 0 Å². The number of aryl methyl sites for hydroxylation is 3. The van der Waals surface area contributed by atoms with Gasteiger partial charge in [-0.15, -0.1) is 11.3 Å². The highest BCUT2D eigenvalue weighted by Gasteiger charge is 2.15. The number of nitrogens with zero attached hydrogens (tertiary/aromatic N) is 1. The summed E-state index contributed by atoms with van der Waals surface area (Å²) in [6.07, 6.45) is 0. The van der Waals surface area contributed by atoms with E-state index in [1.165, 1.54) is 11.3 Å². The van der Waals surface area contributed by atoms with E-state index in [1.54, 1.807) is 0 Å². The Morgan fingerprint density at radius 1 is 1.10 bits per heavy atom. The van der Waals surface area contributed by atoms with Crippen LogP contribution in [0.5, 0.6) is 0 Å². The minimum atomic E-state index is -0.698. The van der Waals surface area contributed by atoms with Gasteiger partial charge in [0.15, 0.2) is 5.13 Å². The van der Waals surface area contributed by atoms with Crippen LogP contribution < -0.4 is 10.6 Å². The molecule has 2 rings (SSSR count). The highest BCUT2D eigenvalue weighted by Crippen LogP contribution is 2.20. The highest BCUT2D eigenvalue weighted by atomic mass is 32.1. The van der Waals surface area contributed by atoms with Gasteiger partial charge < -0.3 is 5.32 Å². The molecule has 0 saturated heterocycles. The Kier molecular flexibility index (Phi) is 4.70. The number of hydrogen-bond donors (Lipinski definition) is 2. The normalized spacial score (nSPS) is 10.2. The Balaban J connectivity index is 1.87. The van der Waals surface area contributed by atoms with Crippen molar-refractivity contribution in [2.75, 3.05) is 5.32 Å². The number of amides is 2. The van der Waals surface area contributed by atoms with E-state index in [0.717, 1.165) is 21.7 Å². The van der Waals surface area contributed by atoms with Gasteiger partial charge in [0.2, 0.25) is 0 Å². The van der Waals surface area contributed by atoms with E-state index in [2.05, 4.69) is 15.6 Å². The lowest BCUT2D eigenvalue weighted by molar-refractivity contribution is -0.136. The summed E-state index contributed by atoms with van der Waals surface area (Å²) in [4.78, 5) is 28.7. The lowest BCUT2D eigenvalue weighted by Gasteiger charge is -2.05. The molecule has 0 aliphatic heterocycles. The van der Waals surface area contributed by atoms with Crippen molar-refractivity contribution in [3.8, 4) is 0 Å². The standard InChI is InChI=1S/C15H17N3O2S/c1-9-4-6-12(7-5-9)8-16-13(19)14(20)18-15-17-10(2)11(3)21-15/h4-7H,8H2,1-3H3,(H,16,19)(H,17,18,20). The second-order valence-electron chi connectivity index (χ2n) is 4.78. The first-order chi connectivity index (χ1) is 9.95. The van der Waals surface area contributed by atoms with Gasteiger partial charge in [0.05, 0.1) is 5.69 Å². The predicted molar refractivity (Wildman–Crippen MR) is 83.2 cm³/mol. The highest BCUT2D eigenvalue weighted by molar-refractivity contribution is 7.15. The molecule has 1 aromatic heterocycles. The van der Waals surface area contributed by atoms with Gasteiger partial charge in [-0.05, 0) is 26.3 Å². The molecule has 5 nitrogen and oxygen atoms in total. The number of rotatable bonds is 3. The van der Waals surface area contributed by atoms with Crippen molar-refractivity contribution in [1.29, 1.82) is 0 Å². The number of carbonyl (C=O) groups is 2. The Morgan fingerprint density at radius 2 is 1.76 bits per heavy atom. The van der Waals surface area contributed by atoms with Gasteiger partial charge in [-0.3, -0.25) is 14.9 Å². The van der Waals surface area contributed by atoms with Crippen LogP contribution >= 0.6 is 11.3 Å². The second kappa shape index (κ2) is 6.49. The fourth-order valence-corrected chi connectivity index (χ4v) is 2.46. The molecule has 1 aromatic carbocycles. The number of aromatic nitrogens is 1. The van der Waals surface area contributed by atoms with Gasteiger partial charge in [0.1, 0.15) is 0 Å². The van der Waals surface area contributed by atoms with Crippen molar-refractivity contribution >= 4 is 28.3 Å². The number of thiazole rings is 1. The third-order valence-electron chi connectivity index (χ3n) is 3.03. The summed E-state index contributed by atoms with van der Waals surface area (Å²) in [5, 5.41) is 5.54. The smallest absolute Gasteiger partial charge is 0.315 e. The zero-order valence-corrected chi connectivity index (χ0v) is 13.0. The molecule has 6 heteroatoms. The summed E-state index contributed by atoms with van der Waals surface area (Å²) in [7, 11) is 0. The van der Waals surface area contributed by atoms with Crippen LogP contribution in [0, 0.1) is 20.8 Å². The van der Waals surface area contributed by atoms with Crippen LogP contribution in [0.3, 0.4) is 0 Å². The average molecular weight is 303 g/mol. The topological polar surface area (TPSA) is 71.1 Å². The molecule has 0 atom stereocenters. The van der Waals surface area contributed by atoms with Crippen molar-refractivity contribution in [1.82, 2.24) is 10.3 Å². The number of benzene rings is 1. The summed E-state index contributed by atoms with van der Waals surface area (Å²) in [5.74, 6) is -1.36. The van der Waals surface area contributed by atoms with E-state index < -0.39 is 11.8 Å². The van der Waals surface area contributed by atoms with Crippen molar-refractivity contribution in [2.24, 2.45) is 0 Å². The van der Waals surface area contributed by atoms with Gasteiger partial charge in [0.25, 0.3) is 0 Å². The molecule has 1 heterocycles. The van der Waals surface area contributed by atoms with Crippen LogP contribution in [0.15, 0.2) is 24.3 Å². The predicted octanol–water partition coefficient (Wildman–Crippen LogP) is 2.32. The Hall–Kier alpha value is -2.21. The minimum absolute atomic E-state index is 0.322. The van der Waals surface area contributed by atoms with E-state index in [0.29, 0.717) is 11.7 Å². The summed E-state index contributed by atoms with van der Waals surface area (Å²) in [6, 6.07) is 7.76. The van der Waals surface area contributed by atoms with E-state index in [-0.39, 0.29) is 0 Å². The van der Waals surface area contributed by atoms with Crippen LogP contribution in [-0.2, 0) is 16.1 Å². The van der Waals surface area contributed by atoms with Gasteiger partial charge in [-0.25, -0.2) is 4.98 Å². The average Bonchev–Trinajstić information content (AvgIpc) is 2.76. The van der Waals surface area contributed by atoms with E-state index >= 15 is 0 Å². The van der Waals surface area contributed by atoms with Crippen molar-refractivity contribution in [2.45, 2.75) is 27.3 Å². The Labute approximate surface area is 127 Å². The maximum atomic E-state index is 11.8. The molecule has 0 bridgehead atoms. The van der Waals surface area contributed by atoms with Gasteiger partial charge in [0, 0.05) is 11.4 Å². The van der Waals surface area contributed by atoms with Crippen LogP contribution in [-0.4, -0.2) is 16.8 Å². The lowest BCUT2D eigenvalue weighted by atomic mass is 10.1. The summed E-state index contributed by atoms with van der Waals surface area (Å²) >= 11 is 1.35. The number of anilines is 1.